The van der Waals surface area contributed by atoms with E-state index in [0.29, 0.717) is 24.5 Å². The Morgan fingerprint density at radius 2 is 1.74 bits per heavy atom. The zero-order valence-electron chi connectivity index (χ0n) is 24.3. The van der Waals surface area contributed by atoms with E-state index in [-0.39, 0.29) is 30.6 Å². The molecule has 1 saturated heterocycles. The van der Waals surface area contributed by atoms with Crippen LogP contribution in [0.2, 0.25) is 0 Å². The average Bonchev–Trinajstić information content (AvgIpc) is 3.66. The van der Waals surface area contributed by atoms with Gasteiger partial charge in [-0.2, -0.15) is 0 Å². The van der Waals surface area contributed by atoms with Crippen LogP contribution in [-0.4, -0.2) is 68.2 Å². The summed E-state index contributed by atoms with van der Waals surface area (Å²) in [7, 11) is 0. The van der Waals surface area contributed by atoms with Crippen LogP contribution < -0.4 is 5.32 Å². The summed E-state index contributed by atoms with van der Waals surface area (Å²) in [5.41, 5.74) is 3.26. The third-order valence-corrected chi connectivity index (χ3v) is 8.82. The number of carbonyl (C=O) groups excluding carboxylic acids is 1. The van der Waals surface area contributed by atoms with Crippen molar-refractivity contribution >= 4 is 12.0 Å². The molecule has 4 aromatic rings. The first-order valence-electron chi connectivity index (χ1n) is 15.3. The van der Waals surface area contributed by atoms with Crippen LogP contribution in [0.15, 0.2) is 89.8 Å². The van der Waals surface area contributed by atoms with Crippen LogP contribution in [0, 0.1) is 0 Å². The number of aromatic nitrogens is 2. The molecule has 0 bridgehead atoms. The lowest BCUT2D eigenvalue weighted by atomic mass is 9.98. The van der Waals surface area contributed by atoms with Crippen LogP contribution in [0.25, 0.3) is 11.3 Å². The first-order chi connectivity index (χ1) is 21.1. The number of piperazine rings is 1. The number of rotatable bonds is 8. The van der Waals surface area contributed by atoms with Gasteiger partial charge in [-0.05, 0) is 37.0 Å². The molecule has 2 fully saturated rings. The Hall–Kier alpha value is -4.37. The molecule has 43 heavy (non-hydrogen) atoms. The molecule has 2 aliphatic rings. The lowest BCUT2D eigenvalue weighted by molar-refractivity contribution is 0.0630. The van der Waals surface area contributed by atoms with Gasteiger partial charge in [-0.25, -0.2) is 9.78 Å². The van der Waals surface area contributed by atoms with E-state index in [1.165, 1.54) is 10.5 Å². The molecule has 2 amide bonds. The Bertz CT molecular complexity index is 1490. The van der Waals surface area contributed by atoms with Crippen molar-refractivity contribution in [1.82, 2.24) is 24.7 Å². The molecule has 0 spiro atoms. The molecule has 0 unspecified atom stereocenters. The van der Waals surface area contributed by atoms with Gasteiger partial charge in [0.05, 0.1) is 36.9 Å². The maximum Gasteiger partial charge on any atom is 0.408 e. The number of benzene rings is 2. The Balaban J connectivity index is 1.38. The third-order valence-electron chi connectivity index (χ3n) is 8.82. The van der Waals surface area contributed by atoms with Gasteiger partial charge in [0.15, 0.2) is 5.69 Å². The minimum absolute atomic E-state index is 0.00106. The van der Waals surface area contributed by atoms with Crippen LogP contribution in [0.1, 0.15) is 60.0 Å². The van der Waals surface area contributed by atoms with Crippen LogP contribution >= 0.6 is 0 Å². The van der Waals surface area contributed by atoms with Crippen LogP contribution in [0.3, 0.4) is 0 Å². The van der Waals surface area contributed by atoms with Gasteiger partial charge in [-0.15, -0.1) is 0 Å². The molecule has 9 heteroatoms. The van der Waals surface area contributed by atoms with Gasteiger partial charge < -0.3 is 24.3 Å². The molecule has 1 aliphatic carbocycles. The summed E-state index contributed by atoms with van der Waals surface area (Å²) in [6, 6.07) is 23.3. The van der Waals surface area contributed by atoms with Crippen molar-refractivity contribution in [2.75, 3.05) is 19.6 Å². The highest BCUT2D eigenvalue weighted by molar-refractivity contribution is 5.98. The lowest BCUT2D eigenvalue weighted by Crippen LogP contribution is -2.54. The average molecular weight is 582 g/mol. The molecule has 9 nitrogen and oxygen atoms in total. The van der Waals surface area contributed by atoms with Crippen LogP contribution in [0.5, 0.6) is 0 Å². The SMILES string of the molecule is O=C(c1ncn([C@H]2CCCCC[C@@H]2N(Cc2ccco2)C(=O)O)c1-c1ccccc1)N1CCNC[C@H]1Cc1ccccc1. The summed E-state index contributed by atoms with van der Waals surface area (Å²) < 4.78 is 7.63. The number of amides is 2. The smallest absolute Gasteiger partial charge is 0.408 e. The van der Waals surface area contributed by atoms with E-state index in [1.807, 2.05) is 59.5 Å². The van der Waals surface area contributed by atoms with Crippen molar-refractivity contribution in [3.8, 4) is 11.3 Å². The van der Waals surface area contributed by atoms with Gasteiger partial charge in [0, 0.05) is 31.2 Å². The number of nitrogens with zero attached hydrogens (tertiary/aromatic N) is 4. The van der Waals surface area contributed by atoms with Gasteiger partial charge in [-0.1, -0.05) is 79.9 Å². The maximum atomic E-state index is 14.4. The molecule has 2 N–H and O–H groups in total. The number of carboxylic acid groups (broad SMARTS) is 1. The number of nitrogens with one attached hydrogen (secondary N) is 1. The molecular formula is C34H39N5O4. The summed E-state index contributed by atoms with van der Waals surface area (Å²) in [5.74, 6) is 0.522. The van der Waals surface area contributed by atoms with Gasteiger partial charge >= 0.3 is 6.09 Å². The molecule has 2 aromatic heterocycles. The van der Waals surface area contributed by atoms with Crippen LogP contribution in [0.4, 0.5) is 4.79 Å². The summed E-state index contributed by atoms with van der Waals surface area (Å²) in [6.45, 7) is 2.21. The molecule has 224 valence electrons. The predicted octanol–water partition coefficient (Wildman–Crippen LogP) is 5.85. The topological polar surface area (TPSA) is 104 Å². The number of carbonyl (C=O) groups is 2. The Kier molecular flexibility index (Phi) is 8.88. The van der Waals surface area contributed by atoms with E-state index in [2.05, 4.69) is 22.0 Å². The van der Waals surface area contributed by atoms with Gasteiger partial charge in [-0.3, -0.25) is 9.69 Å². The number of imidazole rings is 1. The number of hydrogen-bond acceptors (Lipinski definition) is 5. The fraction of sp³-hybridized carbons (Fsp3) is 0.382. The summed E-state index contributed by atoms with van der Waals surface area (Å²) in [4.78, 5) is 35.3. The fourth-order valence-corrected chi connectivity index (χ4v) is 6.74. The molecular weight excluding hydrogens is 542 g/mol. The lowest BCUT2D eigenvalue weighted by Gasteiger charge is -2.37. The van der Waals surface area contributed by atoms with Crippen molar-refractivity contribution < 1.29 is 19.1 Å². The zero-order valence-corrected chi connectivity index (χ0v) is 24.3. The fourth-order valence-electron chi connectivity index (χ4n) is 6.74. The standard InChI is InChI=1S/C34H39N5O4/c40-33(37-19-18-35-22-27(37)21-25-11-4-1-5-12-25)31-32(26-13-6-2-7-14-26)39(24-36-31)30-17-9-3-8-16-29(30)38(34(41)42)23-28-15-10-20-43-28/h1-2,4-7,10-15,20,24,27,29-30,35H,3,8-9,16-19,21-23H2,(H,41,42)/t27-,29+,30+/m1/s1. The molecule has 6 rings (SSSR count). The molecule has 1 saturated carbocycles. The quantitative estimate of drug-likeness (QED) is 0.253. The second-order valence-corrected chi connectivity index (χ2v) is 11.5. The zero-order chi connectivity index (χ0) is 29.6. The minimum atomic E-state index is -0.976. The monoisotopic (exact) mass is 581 g/mol. The Labute approximate surface area is 252 Å². The van der Waals surface area contributed by atoms with E-state index in [4.69, 9.17) is 9.40 Å². The molecule has 3 heterocycles. The first-order valence-corrected chi connectivity index (χ1v) is 15.3. The van der Waals surface area contributed by atoms with E-state index in [1.54, 1.807) is 18.7 Å². The van der Waals surface area contributed by atoms with Crippen molar-refractivity contribution in [3.05, 3.63) is 102 Å². The van der Waals surface area contributed by atoms with E-state index in [9.17, 15) is 14.7 Å². The van der Waals surface area contributed by atoms with Crippen molar-refractivity contribution in [2.45, 2.75) is 63.2 Å². The number of furan rings is 1. The second kappa shape index (κ2) is 13.3. The predicted molar refractivity (Wildman–Crippen MR) is 164 cm³/mol. The maximum absolute atomic E-state index is 14.4. The molecule has 0 radical (unpaired) electrons. The van der Waals surface area contributed by atoms with E-state index >= 15 is 0 Å². The summed E-state index contributed by atoms with van der Waals surface area (Å²) in [6.07, 6.45) is 7.58. The molecule has 1 aliphatic heterocycles. The Morgan fingerprint density at radius 1 is 0.977 bits per heavy atom. The Morgan fingerprint density at radius 3 is 2.49 bits per heavy atom. The van der Waals surface area contributed by atoms with Gasteiger partial charge in [0.1, 0.15) is 5.76 Å². The highest BCUT2D eigenvalue weighted by Crippen LogP contribution is 2.37. The summed E-state index contributed by atoms with van der Waals surface area (Å²) >= 11 is 0. The van der Waals surface area contributed by atoms with E-state index < -0.39 is 6.09 Å². The highest BCUT2D eigenvalue weighted by Gasteiger charge is 2.37. The first kappa shape index (κ1) is 28.7. The van der Waals surface area contributed by atoms with Crippen molar-refractivity contribution in [3.63, 3.8) is 0 Å². The summed E-state index contributed by atoms with van der Waals surface area (Å²) in [5, 5.41) is 13.8. The highest BCUT2D eigenvalue weighted by atomic mass is 16.4. The third kappa shape index (κ3) is 6.37. The second-order valence-electron chi connectivity index (χ2n) is 11.5. The number of hydrogen-bond donors (Lipinski definition) is 2. The largest absolute Gasteiger partial charge is 0.467 e. The molecule has 3 atom stereocenters. The van der Waals surface area contributed by atoms with E-state index in [0.717, 1.165) is 56.3 Å². The van der Waals surface area contributed by atoms with Crippen LogP contribution in [-0.2, 0) is 13.0 Å². The van der Waals surface area contributed by atoms with Crippen molar-refractivity contribution in [2.24, 2.45) is 0 Å². The molecule has 2 aromatic carbocycles. The minimum Gasteiger partial charge on any atom is -0.467 e. The van der Waals surface area contributed by atoms with Crippen molar-refractivity contribution in [1.29, 1.82) is 0 Å². The van der Waals surface area contributed by atoms with Gasteiger partial charge in [0.2, 0.25) is 0 Å². The van der Waals surface area contributed by atoms with Gasteiger partial charge in [0.25, 0.3) is 5.91 Å². The normalized spacial score (nSPS) is 20.8.